The van der Waals surface area contributed by atoms with Crippen LogP contribution < -0.4 is 0 Å². The number of ether oxygens (including phenoxy) is 4. The van der Waals surface area contributed by atoms with Gasteiger partial charge in [0.05, 0.1) is 13.2 Å². The molecular formula is C21H46O9Si2. The van der Waals surface area contributed by atoms with Gasteiger partial charge in [-0.25, -0.2) is 0 Å². The van der Waals surface area contributed by atoms with Gasteiger partial charge in [0.15, 0.2) is 0 Å². The topological polar surface area (TPSA) is 86.4 Å². The Morgan fingerprint density at radius 1 is 0.906 bits per heavy atom. The Bertz CT molecular complexity index is 435. The summed E-state index contributed by atoms with van der Waals surface area (Å²) >= 11 is 0. The molecule has 32 heavy (non-hydrogen) atoms. The molecule has 0 aromatic heterocycles. The predicted molar refractivity (Wildman–Crippen MR) is 126 cm³/mol. The van der Waals surface area contributed by atoms with Crippen LogP contribution in [-0.4, -0.2) is 97.0 Å². The molecule has 2 aliphatic rings. The van der Waals surface area contributed by atoms with Gasteiger partial charge in [0.25, 0.3) is 0 Å². The third-order valence-corrected chi connectivity index (χ3v) is 13.0. The summed E-state index contributed by atoms with van der Waals surface area (Å²) in [6, 6.07) is 1.75. The van der Waals surface area contributed by atoms with Gasteiger partial charge < -0.3 is 41.1 Å². The highest BCUT2D eigenvalue weighted by atomic mass is 28.4. The van der Waals surface area contributed by atoms with Gasteiger partial charge in [0.2, 0.25) is 5.41 Å². The van der Waals surface area contributed by atoms with E-state index in [1.807, 2.05) is 20.8 Å². The van der Waals surface area contributed by atoms with E-state index in [1.54, 1.807) is 28.4 Å². The highest BCUT2D eigenvalue weighted by Gasteiger charge is 2.60. The molecule has 1 unspecified atom stereocenters. The Hall–Kier alpha value is 0.0738. The smallest absolute Gasteiger partial charge is 0.395 e. The second-order valence-electron chi connectivity index (χ2n) is 7.65. The van der Waals surface area contributed by atoms with Crippen molar-refractivity contribution in [1.82, 2.24) is 0 Å². The molecular weight excluding hydrogens is 452 g/mol. The fourth-order valence-corrected chi connectivity index (χ4v) is 10.1. The van der Waals surface area contributed by atoms with Gasteiger partial charge >= 0.3 is 17.4 Å². The Morgan fingerprint density at radius 2 is 1.47 bits per heavy atom. The highest BCUT2D eigenvalue weighted by molar-refractivity contribution is 6.70. The molecule has 0 spiro atoms. The maximum absolute atomic E-state index is 5.76. The average molecular weight is 499 g/mol. The fourth-order valence-electron chi connectivity index (χ4n) is 4.06. The van der Waals surface area contributed by atoms with Crippen molar-refractivity contribution in [1.29, 1.82) is 0 Å². The molecule has 2 rings (SSSR count). The van der Waals surface area contributed by atoms with Crippen molar-refractivity contribution >= 4 is 17.4 Å². The summed E-state index contributed by atoms with van der Waals surface area (Å²) < 4.78 is 50.1. The zero-order chi connectivity index (χ0) is 23.9. The first-order valence-corrected chi connectivity index (χ1v) is 15.7. The minimum absolute atomic E-state index is 0.331. The van der Waals surface area contributed by atoms with Crippen LogP contribution in [0.3, 0.4) is 0 Å². The van der Waals surface area contributed by atoms with Crippen LogP contribution >= 0.6 is 0 Å². The van der Waals surface area contributed by atoms with Crippen LogP contribution in [0.4, 0.5) is 0 Å². The van der Waals surface area contributed by atoms with Crippen molar-refractivity contribution in [3.05, 3.63) is 0 Å². The lowest BCUT2D eigenvalue weighted by molar-refractivity contribution is -0.183. The van der Waals surface area contributed by atoms with Gasteiger partial charge in [-0.3, -0.25) is 0 Å². The van der Waals surface area contributed by atoms with Crippen molar-refractivity contribution in [2.75, 3.05) is 68.1 Å². The first-order valence-electron chi connectivity index (χ1n) is 11.8. The normalized spacial score (nSPS) is 21.7. The second-order valence-corrected chi connectivity index (χ2v) is 14.0. The standard InChI is InChI=1S/C12H26O5Si.C9H20O4Si/c1-4-15-18(16-5-2,17-6-3)9-7-8-13-10-12-11-14-12;1-10-9(11-2)7-5-6-8-14(9,12-3)13-4/h12H,4-11H2,1-3H3;5-8H2,1-4H3. The minimum atomic E-state index is -2.47. The van der Waals surface area contributed by atoms with Gasteiger partial charge in [-0.05, 0) is 39.7 Å². The molecule has 0 aromatic rings. The Morgan fingerprint density at radius 3 is 1.88 bits per heavy atom. The summed E-state index contributed by atoms with van der Waals surface area (Å²) in [5.41, 5.74) is -0.630. The van der Waals surface area contributed by atoms with E-state index >= 15 is 0 Å². The summed E-state index contributed by atoms with van der Waals surface area (Å²) in [4.78, 5) is 0. The molecule has 2 heterocycles. The first kappa shape index (κ1) is 30.1. The molecule has 1 atom stereocenters. The molecule has 0 saturated carbocycles. The first-order chi connectivity index (χ1) is 15.5. The van der Waals surface area contributed by atoms with E-state index in [1.165, 1.54) is 0 Å². The Kier molecular flexibility index (Phi) is 14.9. The SMILES string of the molecule is CCO[Si](CCCOCC1CO1)(OCC)OCC.COC1(OC)CCCC[Si]1(OC)OC. The molecule has 9 nitrogen and oxygen atoms in total. The van der Waals surface area contributed by atoms with E-state index in [-0.39, 0.29) is 0 Å². The van der Waals surface area contributed by atoms with E-state index < -0.39 is 22.8 Å². The van der Waals surface area contributed by atoms with Crippen LogP contribution in [0.2, 0.25) is 12.1 Å². The third kappa shape index (κ3) is 8.69. The molecule has 11 heteroatoms. The van der Waals surface area contributed by atoms with Crippen LogP contribution in [0.25, 0.3) is 0 Å². The van der Waals surface area contributed by atoms with Crippen LogP contribution in [0.15, 0.2) is 0 Å². The molecule has 2 saturated heterocycles. The van der Waals surface area contributed by atoms with E-state index in [4.69, 9.17) is 41.1 Å². The zero-order valence-electron chi connectivity index (χ0n) is 21.2. The Labute approximate surface area is 196 Å². The molecule has 0 amide bonds. The monoisotopic (exact) mass is 498 g/mol. The number of epoxide rings is 1. The van der Waals surface area contributed by atoms with E-state index in [0.29, 0.717) is 39.1 Å². The summed E-state index contributed by atoms with van der Waals surface area (Å²) in [7, 11) is 1.88. The zero-order valence-corrected chi connectivity index (χ0v) is 23.2. The maximum Gasteiger partial charge on any atom is 0.501 e. The number of hydrogen-bond acceptors (Lipinski definition) is 9. The largest absolute Gasteiger partial charge is 0.501 e. The molecule has 2 fully saturated rings. The lowest BCUT2D eigenvalue weighted by Gasteiger charge is -2.46. The molecule has 0 radical (unpaired) electrons. The highest BCUT2D eigenvalue weighted by Crippen LogP contribution is 2.40. The van der Waals surface area contributed by atoms with Gasteiger partial charge in [-0.15, -0.1) is 0 Å². The van der Waals surface area contributed by atoms with E-state index in [2.05, 4.69) is 0 Å². The van der Waals surface area contributed by atoms with Gasteiger partial charge in [0, 0.05) is 67.3 Å². The Balaban J connectivity index is 0.000000330. The molecule has 2 aliphatic heterocycles. The summed E-state index contributed by atoms with van der Waals surface area (Å²) in [5.74, 6) is 0. The van der Waals surface area contributed by atoms with Crippen LogP contribution in [0, 0.1) is 0 Å². The number of rotatable bonds is 16. The van der Waals surface area contributed by atoms with Crippen molar-refractivity contribution in [3.8, 4) is 0 Å². The van der Waals surface area contributed by atoms with Crippen molar-refractivity contribution in [3.63, 3.8) is 0 Å². The molecule has 0 aromatic carbocycles. The van der Waals surface area contributed by atoms with Gasteiger partial charge in [0.1, 0.15) is 6.10 Å². The summed E-state index contributed by atoms with van der Waals surface area (Å²) in [6.45, 7) is 10.1. The molecule has 0 aliphatic carbocycles. The second kappa shape index (κ2) is 15.9. The predicted octanol–water partition coefficient (Wildman–Crippen LogP) is 3.27. The number of methoxy groups -OCH3 is 2. The van der Waals surface area contributed by atoms with Gasteiger partial charge in [-0.1, -0.05) is 6.42 Å². The quantitative estimate of drug-likeness (QED) is 0.138. The lowest BCUT2D eigenvalue weighted by atomic mass is 10.2. The van der Waals surface area contributed by atoms with Crippen molar-refractivity contribution in [2.24, 2.45) is 0 Å². The van der Waals surface area contributed by atoms with Crippen LogP contribution in [-0.2, 0) is 41.1 Å². The van der Waals surface area contributed by atoms with E-state index in [9.17, 15) is 0 Å². The summed E-state index contributed by atoms with van der Waals surface area (Å²) in [5, 5.41) is 0. The maximum atomic E-state index is 5.76. The van der Waals surface area contributed by atoms with Crippen LogP contribution in [0.1, 0.15) is 46.5 Å². The molecule has 0 N–H and O–H groups in total. The lowest BCUT2D eigenvalue weighted by Crippen LogP contribution is -2.65. The van der Waals surface area contributed by atoms with E-state index in [0.717, 1.165) is 44.4 Å². The molecule has 192 valence electrons. The molecule has 0 bridgehead atoms. The third-order valence-electron chi connectivity index (χ3n) is 5.73. The van der Waals surface area contributed by atoms with Gasteiger partial charge in [-0.2, -0.15) is 0 Å². The minimum Gasteiger partial charge on any atom is -0.395 e. The van der Waals surface area contributed by atoms with Crippen molar-refractivity contribution in [2.45, 2.75) is 70.1 Å². The van der Waals surface area contributed by atoms with Crippen LogP contribution in [0.5, 0.6) is 0 Å². The average Bonchev–Trinajstić information content (AvgIpc) is 3.64. The fraction of sp³-hybridized carbons (Fsp3) is 1.00. The summed E-state index contributed by atoms with van der Waals surface area (Å²) in [6.07, 6.45) is 4.32. The number of hydrogen-bond donors (Lipinski definition) is 0. The van der Waals surface area contributed by atoms with Crippen molar-refractivity contribution < 1.29 is 41.1 Å².